The molecule has 0 N–H and O–H groups in total. The molecule has 0 aromatic carbocycles. The molecule has 0 aliphatic heterocycles. The third-order valence-corrected chi connectivity index (χ3v) is 1.81. The standard InChI is InChI=1S/C10H9F4NO2/c11-8-5-15-3-1-7(8)9(16)2-4-17-6-10(12,13)14/h1,3,5H,2,4,6H2. The summed E-state index contributed by atoms with van der Waals surface area (Å²) in [5.41, 5.74) is -0.199. The number of pyridine rings is 1. The number of carbonyl (C=O) groups excluding carboxylic acids is 1. The number of carbonyl (C=O) groups is 1. The van der Waals surface area contributed by atoms with E-state index in [0.717, 1.165) is 6.20 Å². The maximum atomic E-state index is 13.0. The molecule has 0 saturated carbocycles. The number of hydrogen-bond acceptors (Lipinski definition) is 3. The highest BCUT2D eigenvalue weighted by Gasteiger charge is 2.27. The number of alkyl halides is 3. The van der Waals surface area contributed by atoms with Gasteiger partial charge >= 0.3 is 6.18 Å². The van der Waals surface area contributed by atoms with E-state index in [1.165, 1.54) is 12.3 Å². The van der Waals surface area contributed by atoms with Crippen molar-refractivity contribution in [1.29, 1.82) is 0 Å². The van der Waals surface area contributed by atoms with E-state index in [1.54, 1.807) is 0 Å². The van der Waals surface area contributed by atoms with Crippen LogP contribution in [0.5, 0.6) is 0 Å². The molecule has 0 amide bonds. The molecule has 0 aliphatic carbocycles. The Hall–Kier alpha value is -1.50. The molecule has 1 aromatic rings. The first-order valence-corrected chi connectivity index (χ1v) is 4.67. The molecule has 0 saturated heterocycles. The zero-order chi connectivity index (χ0) is 12.9. The zero-order valence-electron chi connectivity index (χ0n) is 8.63. The summed E-state index contributed by atoms with van der Waals surface area (Å²) in [4.78, 5) is 14.8. The van der Waals surface area contributed by atoms with Gasteiger partial charge in [0, 0.05) is 12.6 Å². The molecule has 1 aromatic heterocycles. The third kappa shape index (κ3) is 4.90. The van der Waals surface area contributed by atoms with Crippen molar-refractivity contribution in [2.45, 2.75) is 12.6 Å². The minimum absolute atomic E-state index is 0.199. The highest BCUT2D eigenvalue weighted by molar-refractivity contribution is 5.96. The summed E-state index contributed by atoms with van der Waals surface area (Å²) in [6.07, 6.45) is -2.64. The normalized spacial score (nSPS) is 11.5. The van der Waals surface area contributed by atoms with Crippen LogP contribution >= 0.6 is 0 Å². The smallest absolute Gasteiger partial charge is 0.372 e. The number of ketones is 1. The van der Waals surface area contributed by atoms with Gasteiger partial charge in [0.1, 0.15) is 6.61 Å². The number of rotatable bonds is 5. The van der Waals surface area contributed by atoms with Crippen molar-refractivity contribution in [1.82, 2.24) is 4.98 Å². The highest BCUT2D eigenvalue weighted by Crippen LogP contribution is 2.15. The topological polar surface area (TPSA) is 39.2 Å². The van der Waals surface area contributed by atoms with Crippen molar-refractivity contribution in [3.8, 4) is 0 Å². The van der Waals surface area contributed by atoms with Crippen molar-refractivity contribution in [3.05, 3.63) is 29.8 Å². The lowest BCUT2D eigenvalue weighted by Gasteiger charge is -2.07. The Morgan fingerprint density at radius 2 is 2.12 bits per heavy atom. The van der Waals surface area contributed by atoms with E-state index >= 15 is 0 Å². The second-order valence-electron chi connectivity index (χ2n) is 3.20. The molecule has 17 heavy (non-hydrogen) atoms. The first-order valence-electron chi connectivity index (χ1n) is 4.67. The summed E-state index contributed by atoms with van der Waals surface area (Å²) in [6, 6.07) is 1.17. The first-order chi connectivity index (χ1) is 7.90. The van der Waals surface area contributed by atoms with E-state index in [9.17, 15) is 22.4 Å². The van der Waals surface area contributed by atoms with Gasteiger partial charge in [0.05, 0.1) is 18.4 Å². The first kappa shape index (κ1) is 13.6. The van der Waals surface area contributed by atoms with E-state index in [2.05, 4.69) is 9.72 Å². The maximum Gasteiger partial charge on any atom is 0.411 e. The predicted molar refractivity (Wildman–Crippen MR) is 50.0 cm³/mol. The molecule has 1 rings (SSSR count). The lowest BCUT2D eigenvalue weighted by Crippen LogP contribution is -2.18. The molecule has 0 unspecified atom stereocenters. The molecule has 3 nitrogen and oxygen atoms in total. The fourth-order valence-corrected chi connectivity index (χ4v) is 1.09. The molecule has 1 heterocycles. The lowest BCUT2D eigenvalue weighted by molar-refractivity contribution is -0.173. The summed E-state index contributed by atoms with van der Waals surface area (Å²) >= 11 is 0. The molecule has 0 radical (unpaired) electrons. The van der Waals surface area contributed by atoms with Gasteiger partial charge in [-0.15, -0.1) is 0 Å². The van der Waals surface area contributed by atoms with Gasteiger partial charge in [0.25, 0.3) is 0 Å². The molecule has 0 fully saturated rings. The third-order valence-electron chi connectivity index (χ3n) is 1.81. The molecule has 94 valence electrons. The Labute approximate surface area is 94.4 Å². The Bertz CT molecular complexity index is 392. The molecule has 7 heteroatoms. The van der Waals surface area contributed by atoms with Crippen molar-refractivity contribution in [2.75, 3.05) is 13.2 Å². The number of Topliss-reactive ketones (excluding diaryl/α,β-unsaturated/α-hetero) is 1. The molecular weight excluding hydrogens is 242 g/mol. The van der Waals surface area contributed by atoms with Crippen LogP contribution in [-0.4, -0.2) is 30.2 Å². The van der Waals surface area contributed by atoms with Crippen molar-refractivity contribution in [3.63, 3.8) is 0 Å². The minimum Gasteiger partial charge on any atom is -0.372 e. The number of ether oxygens (including phenoxy) is 1. The van der Waals surface area contributed by atoms with Crippen LogP contribution in [0, 0.1) is 5.82 Å². The van der Waals surface area contributed by atoms with Gasteiger partial charge in [-0.2, -0.15) is 13.2 Å². The minimum atomic E-state index is -4.43. The van der Waals surface area contributed by atoms with Gasteiger partial charge in [0.15, 0.2) is 11.6 Å². The van der Waals surface area contributed by atoms with Crippen LogP contribution in [0.15, 0.2) is 18.5 Å². The van der Waals surface area contributed by atoms with Crippen LogP contribution < -0.4 is 0 Å². The van der Waals surface area contributed by atoms with Gasteiger partial charge in [-0.1, -0.05) is 0 Å². The fraction of sp³-hybridized carbons (Fsp3) is 0.400. The quantitative estimate of drug-likeness (QED) is 0.458. The van der Waals surface area contributed by atoms with E-state index < -0.39 is 31.0 Å². The lowest BCUT2D eigenvalue weighted by atomic mass is 10.1. The van der Waals surface area contributed by atoms with Gasteiger partial charge in [-0.05, 0) is 6.07 Å². The van der Waals surface area contributed by atoms with E-state index in [0.29, 0.717) is 0 Å². The molecule has 0 aliphatic rings. The molecule has 0 atom stereocenters. The summed E-state index contributed by atoms with van der Waals surface area (Å²) in [5, 5.41) is 0. The van der Waals surface area contributed by atoms with Crippen LogP contribution in [0.4, 0.5) is 17.6 Å². The van der Waals surface area contributed by atoms with Crippen molar-refractivity contribution in [2.24, 2.45) is 0 Å². The summed E-state index contributed by atoms with van der Waals surface area (Å²) < 4.78 is 52.3. The van der Waals surface area contributed by atoms with E-state index in [4.69, 9.17) is 0 Å². The Morgan fingerprint density at radius 1 is 1.41 bits per heavy atom. The predicted octanol–water partition coefficient (Wildman–Crippen LogP) is 2.37. The maximum absolute atomic E-state index is 13.0. The van der Waals surface area contributed by atoms with Gasteiger partial charge in [-0.3, -0.25) is 9.78 Å². The van der Waals surface area contributed by atoms with Crippen LogP contribution in [0.25, 0.3) is 0 Å². The van der Waals surface area contributed by atoms with Crippen molar-refractivity contribution >= 4 is 5.78 Å². The largest absolute Gasteiger partial charge is 0.411 e. The van der Waals surface area contributed by atoms with E-state index in [-0.39, 0.29) is 12.0 Å². The fourth-order valence-electron chi connectivity index (χ4n) is 1.09. The highest BCUT2D eigenvalue weighted by atomic mass is 19.4. The van der Waals surface area contributed by atoms with Crippen LogP contribution in [0.1, 0.15) is 16.8 Å². The summed E-state index contributed by atoms with van der Waals surface area (Å²) in [6.45, 7) is -1.82. The van der Waals surface area contributed by atoms with E-state index in [1.807, 2.05) is 0 Å². The van der Waals surface area contributed by atoms with Crippen LogP contribution in [0.2, 0.25) is 0 Å². The number of hydrogen-bond donors (Lipinski definition) is 0. The van der Waals surface area contributed by atoms with Crippen molar-refractivity contribution < 1.29 is 27.1 Å². The van der Waals surface area contributed by atoms with Crippen LogP contribution in [-0.2, 0) is 4.74 Å². The average Bonchev–Trinajstić information content (AvgIpc) is 2.23. The molecule has 0 bridgehead atoms. The zero-order valence-corrected chi connectivity index (χ0v) is 8.63. The van der Waals surface area contributed by atoms with Gasteiger partial charge in [-0.25, -0.2) is 4.39 Å². The van der Waals surface area contributed by atoms with Gasteiger partial charge in [0.2, 0.25) is 0 Å². The average molecular weight is 251 g/mol. The number of nitrogens with zero attached hydrogens (tertiary/aromatic N) is 1. The van der Waals surface area contributed by atoms with Gasteiger partial charge < -0.3 is 4.74 Å². The SMILES string of the molecule is O=C(CCOCC(F)(F)F)c1ccncc1F. The second-order valence-corrected chi connectivity index (χ2v) is 3.20. The monoisotopic (exact) mass is 251 g/mol. The van der Waals surface area contributed by atoms with Crippen LogP contribution in [0.3, 0.4) is 0 Å². The Balaban J connectivity index is 2.39. The summed E-state index contributed by atoms with van der Waals surface area (Å²) in [7, 11) is 0. The number of aromatic nitrogens is 1. The number of halogens is 4. The molecule has 0 spiro atoms. The second kappa shape index (κ2) is 5.72. The summed E-state index contributed by atoms with van der Waals surface area (Å²) in [5.74, 6) is -1.42. The molecular formula is C10H9F4NO2. The Morgan fingerprint density at radius 3 is 2.71 bits per heavy atom. The Kier molecular flexibility index (Phi) is 4.56.